The highest BCUT2D eigenvalue weighted by atomic mass is 32.2. The lowest BCUT2D eigenvalue weighted by Gasteiger charge is -2.29. The van der Waals surface area contributed by atoms with Crippen LogP contribution in [0.5, 0.6) is 0 Å². The Kier molecular flexibility index (Phi) is 5.51. The first kappa shape index (κ1) is 19.0. The monoisotopic (exact) mass is 413 g/mol. The summed E-state index contributed by atoms with van der Waals surface area (Å²) in [6, 6.07) is -1.34. The fourth-order valence-electron chi connectivity index (χ4n) is 2.44. The van der Waals surface area contributed by atoms with Gasteiger partial charge in [0.2, 0.25) is 0 Å². The van der Waals surface area contributed by atoms with Crippen molar-refractivity contribution in [2.24, 2.45) is 5.16 Å². The van der Waals surface area contributed by atoms with Crippen molar-refractivity contribution in [2.75, 3.05) is 25.2 Å². The van der Waals surface area contributed by atoms with E-state index < -0.39 is 29.3 Å². The zero-order valence-electron chi connectivity index (χ0n) is 13.9. The van der Waals surface area contributed by atoms with Crippen LogP contribution in [0.3, 0.4) is 0 Å². The Labute approximate surface area is 161 Å². The number of aromatic nitrogens is 1. The molecule has 0 saturated carbocycles. The largest absolute Gasteiger partial charge is 0.480 e. The van der Waals surface area contributed by atoms with Gasteiger partial charge in [-0.2, -0.15) is 0 Å². The van der Waals surface area contributed by atoms with E-state index in [9.17, 15) is 19.5 Å². The predicted molar refractivity (Wildman–Crippen MR) is 97.0 cm³/mol. The maximum atomic E-state index is 12.6. The molecule has 0 radical (unpaired) electrons. The summed E-state index contributed by atoms with van der Waals surface area (Å²) in [5.74, 6) is -2.20. The second-order valence-corrected chi connectivity index (χ2v) is 7.43. The van der Waals surface area contributed by atoms with E-state index in [1.807, 2.05) is 0 Å². The van der Waals surface area contributed by atoms with Crippen molar-refractivity contribution in [1.29, 1.82) is 0 Å². The van der Waals surface area contributed by atoms with Crippen molar-refractivity contribution in [3.63, 3.8) is 0 Å². The number of carbonyl (C=O) groups excluding carboxylic acids is 2. The number of nitrogen functional groups attached to an aromatic ring is 1. The predicted octanol–water partition coefficient (Wildman–Crippen LogP) is -0.881. The number of carboxylic acid groups (broad SMARTS) is 1. The number of carboxylic acids is 1. The molecule has 0 fully saturated rings. The molecule has 0 saturated heterocycles. The van der Waals surface area contributed by atoms with E-state index in [2.05, 4.69) is 25.6 Å². The standard InChI is InChI=1S/C14H15N5O6S2/c1-24-19-8(6-4-27-14(15)16-6)10(20)17-9(12(21)22)11-18-7-5(3-26-11)2-25-13(7)23/h4,9,11,18H,2-3H2,1H3,(H2,15,16)(H,17,20)(H,21,22)/b19-8-/t9-,11-/m0/s1. The van der Waals surface area contributed by atoms with Crippen LogP contribution < -0.4 is 16.4 Å². The van der Waals surface area contributed by atoms with E-state index in [1.165, 1.54) is 24.3 Å². The fraction of sp³-hybridized carbons (Fsp3) is 0.357. The van der Waals surface area contributed by atoms with Gasteiger partial charge in [0.25, 0.3) is 5.91 Å². The van der Waals surface area contributed by atoms with Crippen molar-refractivity contribution in [3.8, 4) is 0 Å². The van der Waals surface area contributed by atoms with Crippen LogP contribution in [0.4, 0.5) is 5.13 Å². The second-order valence-electron chi connectivity index (χ2n) is 5.41. The summed E-state index contributed by atoms with van der Waals surface area (Å²) in [6.45, 7) is 0.181. The fourth-order valence-corrected chi connectivity index (χ4v) is 4.17. The Morgan fingerprint density at radius 3 is 3.00 bits per heavy atom. The molecule has 3 heterocycles. The summed E-state index contributed by atoms with van der Waals surface area (Å²) < 4.78 is 4.92. The first-order chi connectivity index (χ1) is 12.9. The number of nitrogens with zero attached hydrogens (tertiary/aromatic N) is 2. The van der Waals surface area contributed by atoms with Crippen molar-refractivity contribution in [2.45, 2.75) is 11.4 Å². The topological polar surface area (TPSA) is 165 Å². The van der Waals surface area contributed by atoms with Crippen LogP contribution in [0.15, 0.2) is 21.8 Å². The molecule has 0 aromatic carbocycles. The number of hydrogen-bond acceptors (Lipinski definition) is 11. The molecule has 5 N–H and O–H groups in total. The van der Waals surface area contributed by atoms with Gasteiger partial charge in [0.05, 0.1) is 0 Å². The number of cyclic esters (lactones) is 1. The average molecular weight is 413 g/mol. The van der Waals surface area contributed by atoms with Gasteiger partial charge in [0.15, 0.2) is 16.9 Å². The molecule has 2 aliphatic heterocycles. The van der Waals surface area contributed by atoms with Gasteiger partial charge in [0, 0.05) is 16.7 Å². The maximum absolute atomic E-state index is 12.6. The lowest BCUT2D eigenvalue weighted by atomic mass is 10.2. The minimum absolute atomic E-state index is 0.162. The van der Waals surface area contributed by atoms with Crippen LogP contribution in [0.2, 0.25) is 0 Å². The van der Waals surface area contributed by atoms with E-state index in [0.29, 0.717) is 5.75 Å². The van der Waals surface area contributed by atoms with Crippen molar-refractivity contribution < 1.29 is 29.1 Å². The summed E-state index contributed by atoms with van der Waals surface area (Å²) in [5.41, 5.74) is 6.52. The first-order valence-electron chi connectivity index (χ1n) is 7.54. The minimum atomic E-state index is -1.34. The van der Waals surface area contributed by atoms with Crippen LogP contribution in [0.25, 0.3) is 0 Å². The molecule has 0 unspecified atom stereocenters. The number of hydrogen-bond donors (Lipinski definition) is 4. The van der Waals surface area contributed by atoms with Gasteiger partial charge in [-0.05, 0) is 0 Å². The average Bonchev–Trinajstić information content (AvgIpc) is 3.23. The molecule has 0 spiro atoms. The number of thiazole rings is 1. The summed E-state index contributed by atoms with van der Waals surface area (Å²) >= 11 is 2.34. The molecule has 13 heteroatoms. The molecule has 1 amide bonds. The Hall–Kier alpha value is -2.80. The molecule has 27 heavy (non-hydrogen) atoms. The highest BCUT2D eigenvalue weighted by Gasteiger charge is 2.39. The van der Waals surface area contributed by atoms with Gasteiger partial charge in [-0.3, -0.25) is 4.79 Å². The number of nitrogens with one attached hydrogen (secondary N) is 2. The van der Waals surface area contributed by atoms with Gasteiger partial charge in [-0.15, -0.1) is 23.1 Å². The number of carbonyl (C=O) groups is 3. The molecule has 0 bridgehead atoms. The molecule has 0 aliphatic carbocycles. The number of rotatable bonds is 6. The third-order valence-electron chi connectivity index (χ3n) is 3.68. The number of ether oxygens (including phenoxy) is 1. The minimum Gasteiger partial charge on any atom is -0.480 e. The Bertz CT molecular complexity index is 851. The third-order valence-corrected chi connectivity index (χ3v) is 5.61. The van der Waals surface area contributed by atoms with Gasteiger partial charge in [0.1, 0.15) is 30.5 Å². The number of aliphatic carboxylic acids is 1. The maximum Gasteiger partial charge on any atom is 0.354 e. The van der Waals surface area contributed by atoms with Crippen LogP contribution in [0, 0.1) is 0 Å². The molecule has 11 nitrogen and oxygen atoms in total. The molecule has 1 aromatic rings. The van der Waals surface area contributed by atoms with Crippen LogP contribution in [-0.4, -0.2) is 64.5 Å². The smallest absolute Gasteiger partial charge is 0.354 e. The van der Waals surface area contributed by atoms with Gasteiger partial charge in [-0.1, -0.05) is 5.16 Å². The van der Waals surface area contributed by atoms with Crippen LogP contribution >= 0.6 is 23.1 Å². The second kappa shape index (κ2) is 7.84. The molecule has 144 valence electrons. The third kappa shape index (κ3) is 3.98. The number of anilines is 1. The Balaban J connectivity index is 1.78. The zero-order valence-corrected chi connectivity index (χ0v) is 15.6. The van der Waals surface area contributed by atoms with Crippen molar-refractivity contribution >= 4 is 51.8 Å². The van der Waals surface area contributed by atoms with Crippen molar-refractivity contribution in [3.05, 3.63) is 22.3 Å². The van der Waals surface area contributed by atoms with Crippen LogP contribution in [-0.2, 0) is 24.0 Å². The molecule has 2 aliphatic rings. The highest BCUT2D eigenvalue weighted by Crippen LogP contribution is 2.28. The van der Waals surface area contributed by atoms with E-state index in [0.717, 1.165) is 16.9 Å². The number of nitrogens with two attached hydrogens (primary N) is 1. The number of oxime groups is 1. The molecule has 1 aromatic heterocycles. The number of thioether (sulfide) groups is 1. The van der Waals surface area contributed by atoms with Gasteiger partial charge in [-0.25, -0.2) is 14.6 Å². The quantitative estimate of drug-likeness (QED) is 0.261. The van der Waals surface area contributed by atoms with E-state index in [-0.39, 0.29) is 28.8 Å². The summed E-state index contributed by atoms with van der Waals surface area (Å²) in [5, 5.41) is 19.4. The van der Waals surface area contributed by atoms with E-state index in [4.69, 9.17) is 10.5 Å². The first-order valence-corrected chi connectivity index (χ1v) is 9.47. The molecular weight excluding hydrogens is 398 g/mol. The zero-order chi connectivity index (χ0) is 19.6. The molecular formula is C14H15N5O6S2. The van der Waals surface area contributed by atoms with Crippen molar-refractivity contribution in [1.82, 2.24) is 15.6 Å². The van der Waals surface area contributed by atoms with Gasteiger partial charge >= 0.3 is 11.9 Å². The summed E-state index contributed by atoms with van der Waals surface area (Å²) in [7, 11) is 1.25. The van der Waals surface area contributed by atoms with Gasteiger partial charge < -0.3 is 31.0 Å². The molecule has 3 rings (SSSR count). The number of esters is 1. The summed E-state index contributed by atoms with van der Waals surface area (Å²) in [4.78, 5) is 44.6. The van der Waals surface area contributed by atoms with Crippen LogP contribution in [0.1, 0.15) is 5.69 Å². The summed E-state index contributed by atoms with van der Waals surface area (Å²) in [6.07, 6.45) is 0. The molecule has 2 atom stereocenters. The Morgan fingerprint density at radius 1 is 1.59 bits per heavy atom. The Morgan fingerprint density at radius 2 is 2.37 bits per heavy atom. The van der Waals surface area contributed by atoms with E-state index >= 15 is 0 Å². The highest BCUT2D eigenvalue weighted by molar-refractivity contribution is 8.00. The SMILES string of the molecule is CO/N=C(\C(=O)N[C@H](C(=O)O)[C@H]1NC2=C(COC2=O)CS1)c1csc(N)n1. The number of amides is 1. The lowest BCUT2D eigenvalue weighted by molar-refractivity contribution is -0.141. The normalized spacial score (nSPS) is 20.4. The van der Waals surface area contributed by atoms with E-state index in [1.54, 1.807) is 0 Å². The lowest BCUT2D eigenvalue weighted by Crippen LogP contribution is -2.55.